The quantitative estimate of drug-likeness (QED) is 0.774. The largest absolute Gasteiger partial charge is 0.384 e. The van der Waals surface area contributed by atoms with Crippen LogP contribution in [0, 0.1) is 6.92 Å². The molecular weight excluding hydrogens is 262 g/mol. The fourth-order valence-electron chi connectivity index (χ4n) is 1.20. The first-order valence-corrected chi connectivity index (χ1v) is 6.79. The monoisotopic (exact) mass is 275 g/mol. The number of rotatable bonds is 5. The van der Waals surface area contributed by atoms with E-state index < -0.39 is 9.84 Å². The zero-order valence-electron chi connectivity index (χ0n) is 9.73. The van der Waals surface area contributed by atoms with Crippen LogP contribution >= 0.6 is 11.6 Å². The molecule has 0 aliphatic rings. The Morgan fingerprint density at radius 2 is 2.24 bits per heavy atom. The highest BCUT2D eigenvalue weighted by atomic mass is 35.5. The smallest absolute Gasteiger partial charge is 0.203 e. The third kappa shape index (κ3) is 3.28. The summed E-state index contributed by atoms with van der Waals surface area (Å²) in [5.41, 5.74) is 0.618. The van der Waals surface area contributed by atoms with Gasteiger partial charge < -0.3 is 4.74 Å². The van der Waals surface area contributed by atoms with Crippen molar-refractivity contribution in [2.24, 2.45) is 0 Å². The first kappa shape index (κ1) is 14.2. The maximum atomic E-state index is 12.1. The van der Waals surface area contributed by atoms with Crippen molar-refractivity contribution < 1.29 is 13.2 Å². The lowest BCUT2D eigenvalue weighted by atomic mass is 10.3. The number of nitrogens with zero attached hydrogens (tertiary/aromatic N) is 1. The van der Waals surface area contributed by atoms with Gasteiger partial charge in [0.05, 0.1) is 11.5 Å². The van der Waals surface area contributed by atoms with Crippen LogP contribution in [0.3, 0.4) is 0 Å². The summed E-state index contributed by atoms with van der Waals surface area (Å²) in [5.74, 6) is 0. The second-order valence-electron chi connectivity index (χ2n) is 3.56. The molecule has 17 heavy (non-hydrogen) atoms. The number of methoxy groups -OCH3 is 1. The molecule has 0 saturated carbocycles. The summed E-state index contributed by atoms with van der Waals surface area (Å²) in [6.07, 6.45) is 1.50. The van der Waals surface area contributed by atoms with Gasteiger partial charge in [-0.25, -0.2) is 13.4 Å². The van der Waals surface area contributed by atoms with Crippen molar-refractivity contribution >= 4 is 21.4 Å². The molecule has 0 amide bonds. The van der Waals surface area contributed by atoms with Gasteiger partial charge in [0.25, 0.3) is 0 Å². The number of pyridine rings is 1. The van der Waals surface area contributed by atoms with Gasteiger partial charge in [-0.05, 0) is 18.6 Å². The predicted molar refractivity (Wildman–Crippen MR) is 66.8 cm³/mol. The summed E-state index contributed by atoms with van der Waals surface area (Å²) in [4.78, 5) is 4.05. The van der Waals surface area contributed by atoms with Crippen molar-refractivity contribution in [1.29, 1.82) is 0 Å². The van der Waals surface area contributed by atoms with Crippen molar-refractivity contribution in [1.82, 2.24) is 4.98 Å². The van der Waals surface area contributed by atoms with Crippen molar-refractivity contribution in [3.63, 3.8) is 0 Å². The second-order valence-corrected chi connectivity index (χ2v) is 5.98. The number of hydrogen-bond acceptors (Lipinski definition) is 4. The summed E-state index contributed by atoms with van der Waals surface area (Å²) >= 11 is 5.75. The average molecular weight is 276 g/mol. The fraction of sp³-hybridized carbons (Fsp3) is 0.364. The molecule has 94 valence electrons. The highest BCUT2D eigenvalue weighted by Crippen LogP contribution is 2.22. The SMILES string of the molecule is C=C(CCOC)S(=O)(=O)c1cnc(Cl)c(C)c1. The molecule has 0 aliphatic heterocycles. The Morgan fingerprint density at radius 3 is 2.76 bits per heavy atom. The van der Waals surface area contributed by atoms with E-state index in [0.717, 1.165) is 0 Å². The van der Waals surface area contributed by atoms with Crippen molar-refractivity contribution in [3.8, 4) is 0 Å². The lowest BCUT2D eigenvalue weighted by Gasteiger charge is -2.08. The molecule has 0 fully saturated rings. The first-order chi connectivity index (χ1) is 7.89. The van der Waals surface area contributed by atoms with Gasteiger partial charge in [0, 0.05) is 24.6 Å². The Labute approximate surface area is 106 Å². The maximum absolute atomic E-state index is 12.1. The van der Waals surface area contributed by atoms with Crippen molar-refractivity contribution in [2.75, 3.05) is 13.7 Å². The summed E-state index contributed by atoms with van der Waals surface area (Å²) < 4.78 is 29.0. The van der Waals surface area contributed by atoms with Crippen LogP contribution in [0.4, 0.5) is 0 Å². The molecule has 0 radical (unpaired) electrons. The molecule has 0 N–H and O–H groups in total. The highest BCUT2D eigenvalue weighted by Gasteiger charge is 2.19. The molecule has 0 bridgehead atoms. The zero-order chi connectivity index (χ0) is 13.1. The number of ether oxygens (including phenoxy) is 1. The first-order valence-electron chi connectivity index (χ1n) is 4.93. The van der Waals surface area contributed by atoms with Crippen LogP contribution in [-0.2, 0) is 14.6 Å². The standard InChI is InChI=1S/C11H14ClNO3S/c1-8-6-10(7-13-11(8)12)17(14,15)9(2)4-5-16-3/h6-7H,2,4-5H2,1,3H3. The molecule has 1 aromatic heterocycles. The predicted octanol–water partition coefficient (Wildman–Crippen LogP) is 2.37. The summed E-state index contributed by atoms with van der Waals surface area (Å²) in [6, 6.07) is 1.49. The molecular formula is C11H14ClNO3S. The molecule has 4 nitrogen and oxygen atoms in total. The number of aryl methyl sites for hydroxylation is 1. The van der Waals surface area contributed by atoms with Crippen LogP contribution in [0.25, 0.3) is 0 Å². The molecule has 0 aliphatic carbocycles. The molecule has 6 heteroatoms. The van der Waals surface area contributed by atoms with Gasteiger partial charge in [-0.15, -0.1) is 0 Å². The van der Waals surface area contributed by atoms with Gasteiger partial charge in [0.1, 0.15) is 5.15 Å². The Hall–Kier alpha value is -0.910. The summed E-state index contributed by atoms with van der Waals surface area (Å²) in [5, 5.41) is 0.298. The van der Waals surface area contributed by atoms with Gasteiger partial charge in [0.15, 0.2) is 0 Å². The van der Waals surface area contributed by atoms with Crippen LogP contribution in [-0.4, -0.2) is 27.1 Å². The van der Waals surface area contributed by atoms with Crippen LogP contribution in [0.15, 0.2) is 28.6 Å². The normalized spacial score (nSPS) is 11.5. The lowest BCUT2D eigenvalue weighted by Crippen LogP contribution is -2.07. The van der Waals surface area contributed by atoms with Crippen molar-refractivity contribution in [2.45, 2.75) is 18.2 Å². The minimum atomic E-state index is -3.55. The molecule has 0 aromatic carbocycles. The van der Waals surface area contributed by atoms with E-state index >= 15 is 0 Å². The van der Waals surface area contributed by atoms with Crippen LogP contribution < -0.4 is 0 Å². The minimum absolute atomic E-state index is 0.112. The van der Waals surface area contributed by atoms with E-state index in [1.807, 2.05) is 0 Å². The van der Waals surface area contributed by atoms with E-state index in [-0.39, 0.29) is 16.2 Å². The number of hydrogen-bond donors (Lipinski definition) is 0. The van der Waals surface area contributed by atoms with Crippen molar-refractivity contribution in [3.05, 3.63) is 34.5 Å². The molecule has 0 saturated heterocycles. The lowest BCUT2D eigenvalue weighted by molar-refractivity contribution is 0.203. The molecule has 1 aromatic rings. The third-order valence-corrected chi connectivity index (χ3v) is 4.47. The Bertz CT molecular complexity index is 526. The minimum Gasteiger partial charge on any atom is -0.384 e. The van der Waals surface area contributed by atoms with Crippen LogP contribution in [0.2, 0.25) is 5.15 Å². The number of aromatic nitrogens is 1. The van der Waals surface area contributed by atoms with Gasteiger partial charge in [-0.3, -0.25) is 0 Å². The van der Waals surface area contributed by atoms with E-state index in [9.17, 15) is 8.42 Å². The number of sulfone groups is 1. The van der Waals surface area contributed by atoms with Crippen LogP contribution in [0.1, 0.15) is 12.0 Å². The van der Waals surface area contributed by atoms with Gasteiger partial charge in [-0.2, -0.15) is 0 Å². The van der Waals surface area contributed by atoms with E-state index in [2.05, 4.69) is 11.6 Å². The zero-order valence-corrected chi connectivity index (χ0v) is 11.3. The Kier molecular flexibility index (Phi) is 4.68. The topological polar surface area (TPSA) is 56.3 Å². The third-order valence-electron chi connectivity index (χ3n) is 2.26. The molecule has 0 unspecified atom stereocenters. The molecule has 0 atom stereocenters. The Balaban J connectivity index is 3.05. The van der Waals surface area contributed by atoms with E-state index in [0.29, 0.717) is 17.3 Å². The van der Waals surface area contributed by atoms with E-state index in [1.165, 1.54) is 19.4 Å². The number of halogens is 1. The van der Waals surface area contributed by atoms with Gasteiger partial charge in [0.2, 0.25) is 9.84 Å². The van der Waals surface area contributed by atoms with E-state index in [1.54, 1.807) is 6.92 Å². The van der Waals surface area contributed by atoms with E-state index in [4.69, 9.17) is 16.3 Å². The van der Waals surface area contributed by atoms with Crippen LogP contribution in [0.5, 0.6) is 0 Å². The van der Waals surface area contributed by atoms with Gasteiger partial charge in [-0.1, -0.05) is 18.2 Å². The summed E-state index contributed by atoms with van der Waals surface area (Å²) in [7, 11) is -2.04. The highest BCUT2D eigenvalue weighted by molar-refractivity contribution is 7.95. The fourth-order valence-corrected chi connectivity index (χ4v) is 2.51. The maximum Gasteiger partial charge on any atom is 0.203 e. The summed E-state index contributed by atoms with van der Waals surface area (Å²) in [6.45, 7) is 5.58. The van der Waals surface area contributed by atoms with Gasteiger partial charge >= 0.3 is 0 Å². The second kappa shape index (κ2) is 5.62. The molecule has 1 heterocycles. The average Bonchev–Trinajstić information content (AvgIpc) is 2.29. The molecule has 1 rings (SSSR count). The molecule has 0 spiro atoms. The Morgan fingerprint density at radius 1 is 1.59 bits per heavy atom.